The summed E-state index contributed by atoms with van der Waals surface area (Å²) >= 11 is 3.33. The van der Waals surface area contributed by atoms with Crippen LogP contribution in [0.5, 0.6) is 0 Å². The molecule has 2 rings (SSSR count). The van der Waals surface area contributed by atoms with Crippen LogP contribution >= 0.6 is 15.9 Å². The molecule has 16 heavy (non-hydrogen) atoms. The Morgan fingerprint density at radius 2 is 2.38 bits per heavy atom. The maximum Gasteiger partial charge on any atom is 0.356 e. The molecule has 84 valence electrons. The predicted molar refractivity (Wildman–Crippen MR) is 60.6 cm³/mol. The molecule has 6 heteroatoms. The number of halogens is 1. The third-order valence-electron chi connectivity index (χ3n) is 2.15. The van der Waals surface area contributed by atoms with E-state index in [1.54, 1.807) is 29.8 Å². The molecule has 2 aromatic rings. The summed E-state index contributed by atoms with van der Waals surface area (Å²) in [5, 5.41) is 9.01. The van der Waals surface area contributed by atoms with E-state index in [0.29, 0.717) is 11.3 Å². The first-order chi connectivity index (χ1) is 7.63. The van der Waals surface area contributed by atoms with Gasteiger partial charge in [-0.2, -0.15) is 0 Å². The third-order valence-corrected chi connectivity index (χ3v) is 2.62. The zero-order valence-corrected chi connectivity index (χ0v) is 10.1. The highest BCUT2D eigenvalue weighted by molar-refractivity contribution is 9.10. The second-order valence-corrected chi connectivity index (χ2v) is 4.13. The first kappa shape index (κ1) is 11.1. The molecule has 0 aliphatic heterocycles. The first-order valence-corrected chi connectivity index (χ1v) is 5.31. The molecule has 0 unspecified atom stereocenters. The molecule has 0 fully saturated rings. The fourth-order valence-corrected chi connectivity index (χ4v) is 1.85. The average molecular weight is 285 g/mol. The van der Waals surface area contributed by atoms with E-state index in [2.05, 4.69) is 20.9 Å². The largest absolute Gasteiger partial charge is 0.476 e. The highest BCUT2D eigenvalue weighted by Gasteiger charge is 2.16. The summed E-state index contributed by atoms with van der Waals surface area (Å²) in [6.45, 7) is 0.269. The highest BCUT2D eigenvalue weighted by Crippen LogP contribution is 2.18. The quantitative estimate of drug-likeness (QED) is 0.936. The third kappa shape index (κ3) is 1.81. The van der Waals surface area contributed by atoms with Crippen molar-refractivity contribution in [1.29, 1.82) is 0 Å². The van der Waals surface area contributed by atoms with Gasteiger partial charge in [-0.05, 0) is 28.1 Å². The molecule has 0 spiro atoms. The van der Waals surface area contributed by atoms with Gasteiger partial charge in [-0.15, -0.1) is 0 Å². The second-order valence-electron chi connectivity index (χ2n) is 3.22. The maximum atomic E-state index is 11.0. The molecule has 5 nitrogen and oxygen atoms in total. The van der Waals surface area contributed by atoms with Gasteiger partial charge in [0.1, 0.15) is 12.4 Å². The molecular formula is C10H9BrN2O3. The van der Waals surface area contributed by atoms with Crippen molar-refractivity contribution >= 4 is 27.4 Å². The normalized spacial score (nSPS) is 10.9. The number of aromatic carboxylic acids is 1. The smallest absolute Gasteiger partial charge is 0.356 e. The summed E-state index contributed by atoms with van der Waals surface area (Å²) in [5.41, 5.74) is 0.599. The van der Waals surface area contributed by atoms with Gasteiger partial charge in [-0.1, -0.05) is 0 Å². The second kappa shape index (κ2) is 4.23. The molecule has 2 aromatic heterocycles. The molecule has 0 radical (unpaired) electrons. The van der Waals surface area contributed by atoms with Crippen LogP contribution in [0.15, 0.2) is 22.8 Å². The molecule has 2 heterocycles. The van der Waals surface area contributed by atoms with Crippen molar-refractivity contribution in [2.75, 3.05) is 7.11 Å². The molecule has 0 saturated heterocycles. The van der Waals surface area contributed by atoms with Gasteiger partial charge in [0.2, 0.25) is 0 Å². The van der Waals surface area contributed by atoms with Crippen molar-refractivity contribution in [2.24, 2.45) is 0 Å². The molecule has 0 amide bonds. The Balaban J connectivity index is 2.71. The molecule has 0 saturated carbocycles. The van der Waals surface area contributed by atoms with Crippen LogP contribution in [0.3, 0.4) is 0 Å². The summed E-state index contributed by atoms with van der Waals surface area (Å²) < 4.78 is 7.54. The molecule has 0 atom stereocenters. The molecule has 0 aliphatic rings. The zero-order valence-electron chi connectivity index (χ0n) is 8.48. The van der Waals surface area contributed by atoms with E-state index in [0.717, 1.165) is 4.47 Å². The van der Waals surface area contributed by atoms with Gasteiger partial charge >= 0.3 is 5.97 Å². The molecule has 0 bridgehead atoms. The number of rotatable bonds is 3. The van der Waals surface area contributed by atoms with Gasteiger partial charge < -0.3 is 9.84 Å². The number of carboxylic acids is 1. The van der Waals surface area contributed by atoms with Gasteiger partial charge in [0.05, 0.1) is 5.52 Å². The summed E-state index contributed by atoms with van der Waals surface area (Å²) in [7, 11) is 1.54. The van der Waals surface area contributed by atoms with Gasteiger partial charge in [-0.3, -0.25) is 4.40 Å². The number of imidazole rings is 1. The van der Waals surface area contributed by atoms with Gasteiger partial charge in [0.15, 0.2) is 5.69 Å². The number of nitrogens with zero attached hydrogens (tertiary/aromatic N) is 2. The lowest BCUT2D eigenvalue weighted by Gasteiger charge is -1.99. The van der Waals surface area contributed by atoms with Crippen molar-refractivity contribution in [2.45, 2.75) is 6.61 Å². The van der Waals surface area contributed by atoms with Crippen LogP contribution in [0, 0.1) is 0 Å². The van der Waals surface area contributed by atoms with Crippen LogP contribution < -0.4 is 0 Å². The minimum atomic E-state index is -1.04. The first-order valence-electron chi connectivity index (χ1n) is 4.52. The van der Waals surface area contributed by atoms with E-state index in [-0.39, 0.29) is 12.3 Å². The lowest BCUT2D eigenvalue weighted by molar-refractivity contribution is 0.0692. The van der Waals surface area contributed by atoms with Crippen LogP contribution in [-0.2, 0) is 11.3 Å². The molecular weight excluding hydrogens is 276 g/mol. The number of hydrogen-bond acceptors (Lipinski definition) is 3. The number of carbonyl (C=O) groups is 1. The van der Waals surface area contributed by atoms with Crippen molar-refractivity contribution in [1.82, 2.24) is 9.38 Å². The Hall–Kier alpha value is -1.40. The topological polar surface area (TPSA) is 63.8 Å². The minimum absolute atomic E-state index is 0.0413. The number of fused-ring (bicyclic) bond motifs is 1. The fourth-order valence-electron chi connectivity index (χ4n) is 1.51. The van der Waals surface area contributed by atoms with Crippen LogP contribution in [0.1, 0.15) is 16.3 Å². The highest BCUT2D eigenvalue weighted by atomic mass is 79.9. The van der Waals surface area contributed by atoms with Crippen molar-refractivity contribution in [3.8, 4) is 0 Å². The Bertz CT molecular complexity index is 550. The average Bonchev–Trinajstić information content (AvgIpc) is 2.58. The lowest BCUT2D eigenvalue weighted by Crippen LogP contribution is -1.97. The molecule has 0 aliphatic carbocycles. The van der Waals surface area contributed by atoms with Crippen LogP contribution in [0.2, 0.25) is 0 Å². The van der Waals surface area contributed by atoms with E-state index in [9.17, 15) is 4.79 Å². The van der Waals surface area contributed by atoms with Crippen LogP contribution in [-0.4, -0.2) is 27.6 Å². The van der Waals surface area contributed by atoms with Crippen LogP contribution in [0.4, 0.5) is 0 Å². The Morgan fingerprint density at radius 1 is 1.62 bits per heavy atom. The van der Waals surface area contributed by atoms with E-state index in [1.165, 1.54) is 0 Å². The fraction of sp³-hybridized carbons (Fsp3) is 0.200. The van der Waals surface area contributed by atoms with Crippen LogP contribution in [0.25, 0.3) is 5.52 Å². The number of ether oxygens (including phenoxy) is 1. The van der Waals surface area contributed by atoms with E-state index in [4.69, 9.17) is 9.84 Å². The number of carboxylic acid groups (broad SMARTS) is 1. The predicted octanol–water partition coefficient (Wildman–Crippen LogP) is 1.94. The number of aromatic nitrogens is 2. The number of methoxy groups -OCH3 is 1. The summed E-state index contributed by atoms with van der Waals surface area (Å²) in [5.74, 6) is -0.474. The van der Waals surface area contributed by atoms with Crippen molar-refractivity contribution in [3.63, 3.8) is 0 Å². The van der Waals surface area contributed by atoms with E-state index >= 15 is 0 Å². The summed E-state index contributed by atoms with van der Waals surface area (Å²) in [6, 6.07) is 3.49. The Kier molecular flexibility index (Phi) is 2.93. The number of hydrogen-bond donors (Lipinski definition) is 1. The Morgan fingerprint density at radius 3 is 3.00 bits per heavy atom. The molecule has 1 N–H and O–H groups in total. The summed E-state index contributed by atoms with van der Waals surface area (Å²) in [4.78, 5) is 15.0. The van der Waals surface area contributed by atoms with E-state index in [1.807, 2.05) is 0 Å². The Labute approximate surface area is 99.8 Å². The SMILES string of the molecule is COCc1nc(C(=O)O)c2ccc(Br)cn12. The number of pyridine rings is 1. The molecule has 0 aromatic carbocycles. The van der Waals surface area contributed by atoms with Gasteiger partial charge in [0.25, 0.3) is 0 Å². The van der Waals surface area contributed by atoms with Gasteiger partial charge in [0, 0.05) is 17.8 Å². The van der Waals surface area contributed by atoms with Crippen molar-refractivity contribution in [3.05, 3.63) is 34.3 Å². The van der Waals surface area contributed by atoms with Gasteiger partial charge in [-0.25, -0.2) is 9.78 Å². The maximum absolute atomic E-state index is 11.0. The van der Waals surface area contributed by atoms with Crippen molar-refractivity contribution < 1.29 is 14.6 Å². The lowest BCUT2D eigenvalue weighted by atomic mass is 10.3. The summed E-state index contributed by atoms with van der Waals surface area (Å²) in [6.07, 6.45) is 1.77. The monoisotopic (exact) mass is 284 g/mol. The van der Waals surface area contributed by atoms with E-state index < -0.39 is 5.97 Å². The minimum Gasteiger partial charge on any atom is -0.476 e. The standard InChI is InChI=1S/C10H9BrN2O3/c1-16-5-8-12-9(10(14)15)7-3-2-6(11)4-13(7)8/h2-4H,5H2,1H3,(H,14,15). The zero-order chi connectivity index (χ0) is 11.7.